The van der Waals surface area contributed by atoms with Gasteiger partial charge in [0, 0.05) is 12.6 Å². The highest BCUT2D eigenvalue weighted by atomic mass is 19.3. The van der Waals surface area contributed by atoms with Gasteiger partial charge in [0.05, 0.1) is 11.3 Å². The molecule has 7 heteroatoms. The number of hydrogen-bond donors (Lipinski definition) is 2. The maximum atomic E-state index is 12.2. The van der Waals surface area contributed by atoms with Gasteiger partial charge in [-0.25, -0.2) is 0 Å². The third-order valence-electron chi connectivity index (χ3n) is 2.97. The molecule has 0 aromatic heterocycles. The van der Waals surface area contributed by atoms with Gasteiger partial charge in [-0.1, -0.05) is 18.2 Å². The Hall–Kier alpha value is -2.96. The number of alkyl halides is 2. The molecular formula is C16H14F2N2O3. The number of para-hydroxylation sites is 1. The molecule has 23 heavy (non-hydrogen) atoms. The van der Waals surface area contributed by atoms with Crippen molar-refractivity contribution < 1.29 is 23.1 Å². The van der Waals surface area contributed by atoms with Crippen molar-refractivity contribution >= 4 is 17.5 Å². The van der Waals surface area contributed by atoms with Crippen LogP contribution in [0.2, 0.25) is 0 Å². The summed E-state index contributed by atoms with van der Waals surface area (Å²) < 4.78 is 28.7. The molecule has 0 atom stereocenters. The Morgan fingerprint density at radius 3 is 2.48 bits per heavy atom. The number of carbonyl (C=O) groups is 2. The van der Waals surface area contributed by atoms with Crippen molar-refractivity contribution in [3.8, 4) is 5.75 Å². The fourth-order valence-electron chi connectivity index (χ4n) is 1.93. The zero-order valence-electron chi connectivity index (χ0n) is 12.2. The van der Waals surface area contributed by atoms with Gasteiger partial charge >= 0.3 is 6.61 Å². The van der Waals surface area contributed by atoms with Crippen molar-refractivity contribution in [3.05, 3.63) is 59.7 Å². The molecule has 0 heterocycles. The van der Waals surface area contributed by atoms with Gasteiger partial charge in [0.1, 0.15) is 5.75 Å². The van der Waals surface area contributed by atoms with Gasteiger partial charge in [0.15, 0.2) is 0 Å². The molecule has 2 aromatic carbocycles. The van der Waals surface area contributed by atoms with Crippen LogP contribution in [0.25, 0.3) is 0 Å². The van der Waals surface area contributed by atoms with Crippen LogP contribution in [-0.2, 0) is 0 Å². The minimum absolute atomic E-state index is 0.118. The molecule has 0 saturated heterocycles. The van der Waals surface area contributed by atoms with Gasteiger partial charge in [-0.05, 0) is 30.3 Å². The number of hydrogen-bond acceptors (Lipinski definition) is 3. The van der Waals surface area contributed by atoms with E-state index in [0.29, 0.717) is 11.3 Å². The summed E-state index contributed by atoms with van der Waals surface area (Å²) in [6.45, 7) is -2.97. The van der Waals surface area contributed by atoms with Crippen LogP contribution in [0.15, 0.2) is 48.5 Å². The minimum atomic E-state index is -2.97. The zero-order valence-corrected chi connectivity index (χ0v) is 12.2. The van der Waals surface area contributed by atoms with Crippen molar-refractivity contribution in [2.24, 2.45) is 0 Å². The normalized spacial score (nSPS) is 10.3. The van der Waals surface area contributed by atoms with Gasteiger partial charge in [0.25, 0.3) is 11.8 Å². The zero-order chi connectivity index (χ0) is 16.8. The maximum Gasteiger partial charge on any atom is 0.387 e. The molecule has 2 amide bonds. The molecule has 0 aliphatic carbocycles. The first-order chi connectivity index (χ1) is 11.0. The van der Waals surface area contributed by atoms with Crippen molar-refractivity contribution in [1.29, 1.82) is 0 Å². The van der Waals surface area contributed by atoms with E-state index in [9.17, 15) is 18.4 Å². The Bertz CT molecular complexity index is 720. The molecule has 0 bridgehead atoms. The number of anilines is 1. The molecule has 120 valence electrons. The lowest BCUT2D eigenvalue weighted by atomic mass is 10.1. The van der Waals surface area contributed by atoms with Crippen LogP contribution in [0.1, 0.15) is 20.7 Å². The van der Waals surface area contributed by atoms with Crippen LogP contribution in [0, 0.1) is 0 Å². The molecule has 0 fully saturated rings. The molecular weight excluding hydrogens is 306 g/mol. The van der Waals surface area contributed by atoms with Gasteiger partial charge < -0.3 is 15.4 Å². The second kappa shape index (κ2) is 7.35. The monoisotopic (exact) mass is 320 g/mol. The van der Waals surface area contributed by atoms with Crippen LogP contribution < -0.4 is 15.4 Å². The van der Waals surface area contributed by atoms with E-state index in [-0.39, 0.29) is 17.2 Å². The largest absolute Gasteiger partial charge is 0.435 e. The Labute approximate surface area is 131 Å². The summed E-state index contributed by atoms with van der Waals surface area (Å²) in [6, 6.07) is 11.9. The predicted molar refractivity (Wildman–Crippen MR) is 80.9 cm³/mol. The molecule has 2 aromatic rings. The van der Waals surface area contributed by atoms with E-state index in [2.05, 4.69) is 15.4 Å². The van der Waals surface area contributed by atoms with Gasteiger partial charge in [-0.15, -0.1) is 0 Å². The fraction of sp³-hybridized carbons (Fsp3) is 0.125. The highest BCUT2D eigenvalue weighted by Crippen LogP contribution is 2.19. The Balaban J connectivity index is 2.21. The third kappa shape index (κ3) is 4.26. The number of benzene rings is 2. The Morgan fingerprint density at radius 2 is 1.78 bits per heavy atom. The molecule has 0 unspecified atom stereocenters. The SMILES string of the molecule is CNC(=O)c1ccccc1NC(=O)c1cccc(OC(F)F)c1. The molecule has 0 aliphatic heterocycles. The van der Waals surface area contributed by atoms with Crippen molar-refractivity contribution in [2.75, 3.05) is 12.4 Å². The van der Waals surface area contributed by atoms with Crippen LogP contribution in [0.4, 0.5) is 14.5 Å². The van der Waals surface area contributed by atoms with E-state index in [4.69, 9.17) is 0 Å². The van der Waals surface area contributed by atoms with Crippen molar-refractivity contribution in [3.63, 3.8) is 0 Å². The summed E-state index contributed by atoms with van der Waals surface area (Å²) in [5.74, 6) is -1.01. The lowest BCUT2D eigenvalue weighted by molar-refractivity contribution is -0.0498. The molecule has 2 N–H and O–H groups in total. The molecule has 0 spiro atoms. The number of halogens is 2. The summed E-state index contributed by atoms with van der Waals surface area (Å²) in [4.78, 5) is 24.0. The Kier molecular flexibility index (Phi) is 5.24. The summed E-state index contributed by atoms with van der Waals surface area (Å²) in [5.41, 5.74) is 0.746. The lowest BCUT2D eigenvalue weighted by Gasteiger charge is -2.11. The first-order valence-electron chi connectivity index (χ1n) is 6.68. The van der Waals surface area contributed by atoms with E-state index in [1.165, 1.54) is 31.3 Å². The summed E-state index contributed by atoms with van der Waals surface area (Å²) in [5, 5.41) is 5.05. The lowest BCUT2D eigenvalue weighted by Crippen LogP contribution is -2.21. The average Bonchev–Trinajstić information content (AvgIpc) is 2.54. The topological polar surface area (TPSA) is 67.4 Å². The molecule has 0 radical (unpaired) electrons. The highest BCUT2D eigenvalue weighted by molar-refractivity contribution is 6.09. The quantitative estimate of drug-likeness (QED) is 0.890. The maximum absolute atomic E-state index is 12.2. The number of carbonyl (C=O) groups excluding carboxylic acids is 2. The van der Waals surface area contributed by atoms with E-state index in [0.717, 1.165) is 0 Å². The second-order valence-electron chi connectivity index (χ2n) is 4.49. The van der Waals surface area contributed by atoms with E-state index in [1.54, 1.807) is 24.3 Å². The van der Waals surface area contributed by atoms with Crippen LogP contribution in [0.5, 0.6) is 5.75 Å². The van der Waals surface area contributed by atoms with Crippen molar-refractivity contribution in [1.82, 2.24) is 5.32 Å². The predicted octanol–water partition coefficient (Wildman–Crippen LogP) is 2.90. The first-order valence-corrected chi connectivity index (χ1v) is 6.68. The Morgan fingerprint density at radius 1 is 1.04 bits per heavy atom. The van der Waals surface area contributed by atoms with Crippen molar-refractivity contribution in [2.45, 2.75) is 6.61 Å². The van der Waals surface area contributed by atoms with Crippen LogP contribution in [-0.4, -0.2) is 25.5 Å². The van der Waals surface area contributed by atoms with E-state index < -0.39 is 12.5 Å². The van der Waals surface area contributed by atoms with E-state index >= 15 is 0 Å². The molecule has 0 aliphatic rings. The van der Waals surface area contributed by atoms with E-state index in [1.807, 2.05) is 0 Å². The standard InChI is InChI=1S/C16H14F2N2O3/c1-19-15(22)12-7-2-3-8-13(12)20-14(21)10-5-4-6-11(9-10)23-16(17)18/h2-9,16H,1H3,(H,19,22)(H,20,21). The summed E-state index contributed by atoms with van der Waals surface area (Å²) in [6.07, 6.45) is 0. The second-order valence-corrected chi connectivity index (χ2v) is 4.49. The van der Waals surface area contributed by atoms with Crippen LogP contribution in [0.3, 0.4) is 0 Å². The number of ether oxygens (including phenoxy) is 1. The highest BCUT2D eigenvalue weighted by Gasteiger charge is 2.14. The number of nitrogens with one attached hydrogen (secondary N) is 2. The fourth-order valence-corrected chi connectivity index (χ4v) is 1.93. The average molecular weight is 320 g/mol. The number of amides is 2. The van der Waals surface area contributed by atoms with Crippen LogP contribution >= 0.6 is 0 Å². The van der Waals surface area contributed by atoms with Gasteiger partial charge in [-0.3, -0.25) is 9.59 Å². The molecule has 5 nitrogen and oxygen atoms in total. The summed E-state index contributed by atoms with van der Waals surface area (Å²) in [7, 11) is 1.48. The summed E-state index contributed by atoms with van der Waals surface area (Å²) >= 11 is 0. The molecule has 2 rings (SSSR count). The minimum Gasteiger partial charge on any atom is -0.435 e. The first kappa shape index (κ1) is 16.4. The molecule has 0 saturated carbocycles. The third-order valence-corrected chi connectivity index (χ3v) is 2.97. The number of rotatable bonds is 5. The smallest absolute Gasteiger partial charge is 0.387 e. The van der Waals surface area contributed by atoms with Gasteiger partial charge in [0.2, 0.25) is 0 Å². The van der Waals surface area contributed by atoms with Gasteiger partial charge in [-0.2, -0.15) is 8.78 Å².